The van der Waals surface area contributed by atoms with Gasteiger partial charge in [0, 0.05) is 13.1 Å². The molecule has 0 N–H and O–H groups in total. The Morgan fingerprint density at radius 2 is 1.96 bits per heavy atom. The summed E-state index contributed by atoms with van der Waals surface area (Å²) >= 11 is 0. The van der Waals surface area contributed by atoms with E-state index in [0.717, 1.165) is 12.8 Å². The molecule has 7 nitrogen and oxygen atoms in total. The van der Waals surface area contributed by atoms with Crippen molar-refractivity contribution in [3.05, 3.63) is 24.3 Å². The first-order chi connectivity index (χ1) is 12.1. The maximum atomic E-state index is 12.3. The number of carbonyl (C=O) groups excluding carboxylic acids is 3. The number of anilines is 1. The lowest BCUT2D eigenvalue weighted by Gasteiger charge is -2.23. The number of ether oxygens (including phenoxy) is 2. The zero-order valence-corrected chi connectivity index (χ0v) is 14.3. The predicted octanol–water partition coefficient (Wildman–Crippen LogP) is 1.36. The van der Waals surface area contributed by atoms with E-state index < -0.39 is 12.1 Å². The normalized spacial score (nSPS) is 18.2. The lowest BCUT2D eigenvalue weighted by atomic mass is 10.2. The summed E-state index contributed by atoms with van der Waals surface area (Å²) in [6, 6.07) is 7.07. The molecule has 0 aliphatic carbocycles. The highest BCUT2D eigenvalue weighted by atomic mass is 16.5. The predicted molar refractivity (Wildman–Crippen MR) is 90.3 cm³/mol. The summed E-state index contributed by atoms with van der Waals surface area (Å²) in [7, 11) is 0. The van der Waals surface area contributed by atoms with Gasteiger partial charge in [-0.05, 0) is 31.9 Å². The molecule has 1 aromatic rings. The summed E-state index contributed by atoms with van der Waals surface area (Å²) in [5.74, 6) is -0.440. The van der Waals surface area contributed by atoms with Gasteiger partial charge in [0.25, 0.3) is 5.91 Å². The second-order valence-electron chi connectivity index (χ2n) is 6.21. The third kappa shape index (κ3) is 3.92. The van der Waals surface area contributed by atoms with E-state index in [4.69, 9.17) is 9.47 Å². The molecule has 2 aliphatic heterocycles. The number of carbonyl (C=O) groups is 3. The van der Waals surface area contributed by atoms with Crippen molar-refractivity contribution in [2.75, 3.05) is 31.1 Å². The van der Waals surface area contributed by atoms with Crippen molar-refractivity contribution in [2.45, 2.75) is 32.3 Å². The number of amides is 2. The smallest absolute Gasteiger partial charge is 0.326 e. The first-order valence-corrected chi connectivity index (χ1v) is 8.56. The Kier molecular flexibility index (Phi) is 5.21. The highest BCUT2D eigenvalue weighted by Gasteiger charge is 2.29. The van der Waals surface area contributed by atoms with E-state index in [1.807, 2.05) is 6.07 Å². The highest BCUT2D eigenvalue weighted by molar-refractivity contribution is 5.99. The minimum Gasteiger partial charge on any atom is -0.491 e. The van der Waals surface area contributed by atoms with Gasteiger partial charge in [-0.3, -0.25) is 19.3 Å². The molecule has 1 atom stereocenters. The Bertz CT molecular complexity index is 669. The number of hydrogen-bond acceptors (Lipinski definition) is 5. The van der Waals surface area contributed by atoms with Gasteiger partial charge in [-0.15, -0.1) is 0 Å². The minimum absolute atomic E-state index is 0.184. The molecule has 2 heterocycles. The molecule has 7 heteroatoms. The van der Waals surface area contributed by atoms with Crippen LogP contribution >= 0.6 is 0 Å². The number of hydrogen-bond donors (Lipinski definition) is 0. The summed E-state index contributed by atoms with van der Waals surface area (Å²) in [4.78, 5) is 39.9. The Morgan fingerprint density at radius 3 is 2.72 bits per heavy atom. The molecule has 1 aromatic carbocycles. The van der Waals surface area contributed by atoms with Gasteiger partial charge >= 0.3 is 5.97 Å². The minimum atomic E-state index is -0.848. The van der Waals surface area contributed by atoms with E-state index in [9.17, 15) is 14.4 Å². The number of likely N-dealkylation sites (tertiary alicyclic amines) is 1. The molecule has 0 bridgehead atoms. The number of para-hydroxylation sites is 2. The first kappa shape index (κ1) is 17.3. The average Bonchev–Trinajstić information content (AvgIpc) is 3.09. The van der Waals surface area contributed by atoms with Gasteiger partial charge in [0.15, 0.2) is 6.10 Å². The van der Waals surface area contributed by atoms with Crippen molar-refractivity contribution in [2.24, 2.45) is 0 Å². The topological polar surface area (TPSA) is 76.1 Å². The van der Waals surface area contributed by atoms with E-state index in [1.54, 1.807) is 30.0 Å². The number of fused-ring (bicyclic) bond motifs is 1. The summed E-state index contributed by atoms with van der Waals surface area (Å²) in [5.41, 5.74) is 0.542. The van der Waals surface area contributed by atoms with E-state index in [2.05, 4.69) is 0 Å². The van der Waals surface area contributed by atoms with Crippen LogP contribution in [0.3, 0.4) is 0 Å². The quantitative estimate of drug-likeness (QED) is 0.770. The van der Waals surface area contributed by atoms with Crippen LogP contribution in [0, 0.1) is 0 Å². The fraction of sp³-hybridized carbons (Fsp3) is 0.500. The molecule has 0 aromatic heterocycles. The van der Waals surface area contributed by atoms with Crippen LogP contribution in [0.5, 0.6) is 5.75 Å². The van der Waals surface area contributed by atoms with Crippen LogP contribution in [-0.2, 0) is 19.1 Å². The number of benzene rings is 1. The van der Waals surface area contributed by atoms with E-state index in [0.29, 0.717) is 24.5 Å². The van der Waals surface area contributed by atoms with Gasteiger partial charge < -0.3 is 14.4 Å². The Balaban J connectivity index is 1.65. The molecule has 1 fully saturated rings. The van der Waals surface area contributed by atoms with E-state index >= 15 is 0 Å². The Morgan fingerprint density at radius 1 is 1.24 bits per heavy atom. The van der Waals surface area contributed by atoms with Crippen LogP contribution in [0.1, 0.15) is 26.2 Å². The van der Waals surface area contributed by atoms with Crippen LogP contribution < -0.4 is 9.64 Å². The van der Waals surface area contributed by atoms with Crippen molar-refractivity contribution in [1.82, 2.24) is 4.90 Å². The number of rotatable bonds is 4. The van der Waals surface area contributed by atoms with Gasteiger partial charge in [-0.2, -0.15) is 0 Å². The SMILES string of the molecule is C[C@H](OC(=O)CN1C(=O)CCOc2ccccc21)C(=O)N1CCCC1. The monoisotopic (exact) mass is 346 g/mol. The van der Waals surface area contributed by atoms with Gasteiger partial charge in [0.05, 0.1) is 18.7 Å². The summed E-state index contributed by atoms with van der Waals surface area (Å²) in [5, 5.41) is 0. The van der Waals surface area contributed by atoms with Gasteiger partial charge in [0.2, 0.25) is 5.91 Å². The second-order valence-corrected chi connectivity index (χ2v) is 6.21. The van der Waals surface area contributed by atoms with Crippen LogP contribution in [0.25, 0.3) is 0 Å². The Labute approximate surface area is 146 Å². The van der Waals surface area contributed by atoms with Crippen molar-refractivity contribution < 1.29 is 23.9 Å². The zero-order chi connectivity index (χ0) is 17.8. The molecule has 0 saturated carbocycles. The molecule has 0 spiro atoms. The largest absolute Gasteiger partial charge is 0.491 e. The molecule has 1 saturated heterocycles. The molecular weight excluding hydrogens is 324 g/mol. The first-order valence-electron chi connectivity index (χ1n) is 8.56. The average molecular weight is 346 g/mol. The summed E-state index contributed by atoms with van der Waals surface area (Å²) in [6.07, 6.45) is 1.29. The standard InChI is InChI=1S/C18H22N2O5/c1-13(18(23)19-9-4-5-10-19)25-17(22)12-20-14-6-2-3-7-15(14)24-11-8-16(20)21/h2-3,6-7,13H,4-5,8-12H2,1H3/t13-/m0/s1. The maximum Gasteiger partial charge on any atom is 0.326 e. The van der Waals surface area contributed by atoms with Crippen LogP contribution in [0.2, 0.25) is 0 Å². The third-order valence-corrected chi connectivity index (χ3v) is 4.39. The number of nitrogens with zero attached hydrogens (tertiary/aromatic N) is 2. The lowest BCUT2D eigenvalue weighted by molar-refractivity contribution is -0.157. The molecule has 25 heavy (non-hydrogen) atoms. The fourth-order valence-corrected chi connectivity index (χ4v) is 3.10. The Hall–Kier alpha value is -2.57. The lowest BCUT2D eigenvalue weighted by Crippen LogP contribution is -2.41. The number of esters is 1. The molecule has 0 unspecified atom stereocenters. The molecule has 0 radical (unpaired) electrons. The van der Waals surface area contributed by atoms with Gasteiger partial charge in [-0.25, -0.2) is 0 Å². The van der Waals surface area contributed by atoms with Crippen LogP contribution in [-0.4, -0.2) is 55.0 Å². The van der Waals surface area contributed by atoms with Crippen LogP contribution in [0.4, 0.5) is 5.69 Å². The van der Waals surface area contributed by atoms with Gasteiger partial charge in [-0.1, -0.05) is 12.1 Å². The van der Waals surface area contributed by atoms with Gasteiger partial charge in [0.1, 0.15) is 12.3 Å². The van der Waals surface area contributed by atoms with E-state index in [-0.39, 0.29) is 31.4 Å². The molecule has 2 amide bonds. The van der Waals surface area contributed by atoms with Crippen molar-refractivity contribution in [3.8, 4) is 5.75 Å². The van der Waals surface area contributed by atoms with Crippen molar-refractivity contribution in [3.63, 3.8) is 0 Å². The molecular formula is C18H22N2O5. The van der Waals surface area contributed by atoms with Crippen molar-refractivity contribution in [1.29, 1.82) is 0 Å². The highest BCUT2D eigenvalue weighted by Crippen LogP contribution is 2.30. The molecule has 3 rings (SSSR count). The fourth-order valence-electron chi connectivity index (χ4n) is 3.10. The summed E-state index contributed by atoms with van der Waals surface area (Å²) < 4.78 is 10.8. The second kappa shape index (κ2) is 7.55. The zero-order valence-electron chi connectivity index (χ0n) is 14.3. The van der Waals surface area contributed by atoms with Crippen LogP contribution in [0.15, 0.2) is 24.3 Å². The third-order valence-electron chi connectivity index (χ3n) is 4.39. The summed E-state index contributed by atoms with van der Waals surface area (Å²) in [6.45, 7) is 3.01. The van der Waals surface area contributed by atoms with Crippen molar-refractivity contribution >= 4 is 23.5 Å². The molecule has 134 valence electrons. The molecule has 2 aliphatic rings. The van der Waals surface area contributed by atoms with E-state index in [1.165, 1.54) is 4.90 Å². The maximum absolute atomic E-state index is 12.3.